The predicted octanol–water partition coefficient (Wildman–Crippen LogP) is 0.356. The van der Waals surface area contributed by atoms with Crippen LogP contribution in [0.4, 0.5) is 0 Å². The van der Waals surface area contributed by atoms with Crippen LogP contribution in [-0.4, -0.2) is 5.91 Å². The molecule has 0 unspecified atom stereocenters. The van der Waals surface area contributed by atoms with Gasteiger partial charge in [-0.3, -0.25) is 10.1 Å². The van der Waals surface area contributed by atoms with Crippen molar-refractivity contribution < 1.29 is 4.79 Å². The molecular weight excluding hydrogens is 166 g/mol. The van der Waals surface area contributed by atoms with Crippen molar-refractivity contribution in [2.75, 3.05) is 0 Å². The lowest BCUT2D eigenvalue weighted by molar-refractivity contribution is 0.0973. The van der Waals surface area contributed by atoms with Gasteiger partial charge in [0.25, 0.3) is 5.91 Å². The number of amides is 1. The summed E-state index contributed by atoms with van der Waals surface area (Å²) in [6, 6.07) is 6.78. The molecular formula is C9H9N3O. The first-order valence-corrected chi connectivity index (χ1v) is 3.76. The van der Waals surface area contributed by atoms with Gasteiger partial charge in [0.1, 0.15) is 0 Å². The lowest BCUT2D eigenvalue weighted by Gasteiger charge is -1.99. The maximum absolute atomic E-state index is 11.1. The minimum absolute atomic E-state index is 0.397. The highest BCUT2D eigenvalue weighted by Crippen LogP contribution is 2.03. The van der Waals surface area contributed by atoms with E-state index in [1.165, 1.54) is 0 Å². The summed E-state index contributed by atoms with van der Waals surface area (Å²) in [6.45, 7) is 0.445. The maximum Gasteiger partial charge on any atom is 0.264 e. The average molecular weight is 175 g/mol. The Balaban J connectivity index is 2.81. The predicted molar refractivity (Wildman–Crippen MR) is 47.4 cm³/mol. The van der Waals surface area contributed by atoms with Gasteiger partial charge in [-0.2, -0.15) is 5.26 Å². The number of rotatable bonds is 2. The summed E-state index contributed by atoms with van der Waals surface area (Å²) in [6.07, 6.45) is 1.57. The third-order valence-corrected chi connectivity index (χ3v) is 1.62. The zero-order chi connectivity index (χ0) is 9.68. The molecule has 1 aromatic carbocycles. The molecule has 0 aliphatic carbocycles. The van der Waals surface area contributed by atoms with Crippen LogP contribution >= 0.6 is 0 Å². The Morgan fingerprint density at radius 2 is 2.08 bits per heavy atom. The number of nitrogens with zero attached hydrogens (tertiary/aromatic N) is 1. The molecule has 0 fully saturated rings. The Morgan fingerprint density at radius 1 is 1.46 bits per heavy atom. The summed E-state index contributed by atoms with van der Waals surface area (Å²) in [5.41, 5.74) is 6.79. The second-order valence-corrected chi connectivity index (χ2v) is 2.47. The fraction of sp³-hybridized carbons (Fsp3) is 0.111. The van der Waals surface area contributed by atoms with Crippen molar-refractivity contribution in [3.63, 3.8) is 0 Å². The number of hydrogen-bond donors (Lipinski definition) is 2. The van der Waals surface area contributed by atoms with Crippen LogP contribution in [-0.2, 0) is 6.54 Å². The van der Waals surface area contributed by atoms with Crippen molar-refractivity contribution in [1.82, 2.24) is 5.32 Å². The summed E-state index contributed by atoms with van der Waals surface area (Å²) in [5.74, 6) is -0.397. The molecule has 66 valence electrons. The molecule has 0 saturated heterocycles. The molecule has 0 aliphatic rings. The molecule has 1 rings (SSSR count). The number of carbonyl (C=O) groups is 1. The van der Waals surface area contributed by atoms with Crippen molar-refractivity contribution in [3.8, 4) is 6.19 Å². The monoisotopic (exact) mass is 175 g/mol. The van der Waals surface area contributed by atoms with Crippen molar-refractivity contribution in [2.45, 2.75) is 6.54 Å². The zero-order valence-corrected chi connectivity index (χ0v) is 6.95. The molecule has 0 saturated carbocycles. The van der Waals surface area contributed by atoms with Crippen LogP contribution in [0.2, 0.25) is 0 Å². The number of nitrogens with two attached hydrogens (primary N) is 1. The SMILES string of the molecule is N#CNC(=O)c1ccc(CN)cc1. The highest BCUT2D eigenvalue weighted by Gasteiger charge is 2.02. The molecule has 13 heavy (non-hydrogen) atoms. The van der Waals surface area contributed by atoms with Gasteiger partial charge in [-0.15, -0.1) is 0 Å². The van der Waals surface area contributed by atoms with Gasteiger partial charge in [-0.1, -0.05) is 12.1 Å². The van der Waals surface area contributed by atoms with E-state index in [0.29, 0.717) is 12.1 Å². The molecule has 0 aromatic heterocycles. The van der Waals surface area contributed by atoms with Crippen LogP contribution < -0.4 is 11.1 Å². The van der Waals surface area contributed by atoms with Gasteiger partial charge in [0, 0.05) is 12.1 Å². The van der Waals surface area contributed by atoms with Gasteiger partial charge in [-0.25, -0.2) is 0 Å². The third-order valence-electron chi connectivity index (χ3n) is 1.62. The van der Waals surface area contributed by atoms with Gasteiger partial charge in [0.05, 0.1) is 0 Å². The number of benzene rings is 1. The number of nitriles is 1. The Hall–Kier alpha value is -1.86. The second kappa shape index (κ2) is 4.24. The first-order chi connectivity index (χ1) is 6.27. The number of nitrogens with one attached hydrogen (secondary N) is 1. The van der Waals surface area contributed by atoms with E-state index in [9.17, 15) is 4.79 Å². The van der Waals surface area contributed by atoms with E-state index in [-0.39, 0.29) is 0 Å². The quantitative estimate of drug-likeness (QED) is 0.503. The lowest BCUT2D eigenvalue weighted by Crippen LogP contribution is -2.17. The average Bonchev–Trinajstić information content (AvgIpc) is 2.18. The van der Waals surface area contributed by atoms with Gasteiger partial charge in [0.15, 0.2) is 6.19 Å². The lowest BCUT2D eigenvalue weighted by atomic mass is 10.1. The molecule has 4 nitrogen and oxygen atoms in total. The van der Waals surface area contributed by atoms with E-state index in [1.54, 1.807) is 30.5 Å². The van der Waals surface area contributed by atoms with Gasteiger partial charge in [0.2, 0.25) is 0 Å². The molecule has 0 aliphatic heterocycles. The largest absolute Gasteiger partial charge is 0.326 e. The fourth-order valence-corrected chi connectivity index (χ4v) is 0.915. The van der Waals surface area contributed by atoms with Crippen LogP contribution in [0.15, 0.2) is 24.3 Å². The van der Waals surface area contributed by atoms with E-state index in [1.807, 2.05) is 5.32 Å². The smallest absolute Gasteiger partial charge is 0.264 e. The minimum Gasteiger partial charge on any atom is -0.326 e. The first kappa shape index (κ1) is 9.23. The standard InChI is InChI=1S/C9H9N3O/c10-5-7-1-3-8(4-2-7)9(13)12-6-11/h1-4H,5,10H2,(H,12,13). The van der Waals surface area contributed by atoms with E-state index in [0.717, 1.165) is 5.56 Å². The van der Waals surface area contributed by atoms with Gasteiger partial charge in [-0.05, 0) is 17.7 Å². The van der Waals surface area contributed by atoms with E-state index >= 15 is 0 Å². The van der Waals surface area contributed by atoms with Crippen LogP contribution in [0.1, 0.15) is 15.9 Å². The van der Waals surface area contributed by atoms with E-state index in [4.69, 9.17) is 11.0 Å². The Kier molecular flexibility index (Phi) is 3.01. The van der Waals surface area contributed by atoms with Crippen LogP contribution in [0, 0.1) is 11.5 Å². The third kappa shape index (κ3) is 2.29. The fourth-order valence-electron chi connectivity index (χ4n) is 0.915. The Labute approximate surface area is 76.0 Å². The summed E-state index contributed by atoms with van der Waals surface area (Å²) < 4.78 is 0. The molecule has 0 radical (unpaired) electrons. The van der Waals surface area contributed by atoms with Gasteiger partial charge >= 0.3 is 0 Å². The molecule has 0 heterocycles. The van der Waals surface area contributed by atoms with Crippen molar-refractivity contribution >= 4 is 5.91 Å². The first-order valence-electron chi connectivity index (χ1n) is 3.76. The van der Waals surface area contributed by atoms with Crippen LogP contribution in [0.5, 0.6) is 0 Å². The highest BCUT2D eigenvalue weighted by atomic mass is 16.1. The molecule has 1 aromatic rings. The summed E-state index contributed by atoms with van der Waals surface area (Å²) in [4.78, 5) is 11.1. The Bertz CT molecular complexity index is 337. The molecule has 0 bridgehead atoms. The molecule has 1 amide bonds. The van der Waals surface area contributed by atoms with Crippen molar-refractivity contribution in [3.05, 3.63) is 35.4 Å². The maximum atomic E-state index is 11.1. The summed E-state index contributed by atoms with van der Waals surface area (Å²) in [7, 11) is 0. The molecule has 3 N–H and O–H groups in total. The summed E-state index contributed by atoms with van der Waals surface area (Å²) >= 11 is 0. The van der Waals surface area contributed by atoms with Crippen LogP contribution in [0.3, 0.4) is 0 Å². The number of hydrogen-bond acceptors (Lipinski definition) is 3. The van der Waals surface area contributed by atoms with E-state index < -0.39 is 5.91 Å². The van der Waals surface area contributed by atoms with Crippen molar-refractivity contribution in [1.29, 1.82) is 5.26 Å². The minimum atomic E-state index is -0.397. The Morgan fingerprint density at radius 3 is 2.54 bits per heavy atom. The molecule has 0 spiro atoms. The molecule has 0 atom stereocenters. The van der Waals surface area contributed by atoms with Crippen LogP contribution in [0.25, 0.3) is 0 Å². The highest BCUT2D eigenvalue weighted by molar-refractivity contribution is 5.95. The summed E-state index contributed by atoms with van der Waals surface area (Å²) in [5, 5.41) is 10.2. The normalized spacial score (nSPS) is 8.92. The second-order valence-electron chi connectivity index (χ2n) is 2.47. The topological polar surface area (TPSA) is 78.9 Å². The molecule has 4 heteroatoms. The van der Waals surface area contributed by atoms with E-state index in [2.05, 4.69) is 0 Å². The zero-order valence-electron chi connectivity index (χ0n) is 6.95. The number of carbonyl (C=O) groups excluding carboxylic acids is 1. The van der Waals surface area contributed by atoms with Crippen molar-refractivity contribution in [2.24, 2.45) is 5.73 Å². The van der Waals surface area contributed by atoms with Gasteiger partial charge < -0.3 is 5.73 Å².